The van der Waals surface area contributed by atoms with Crippen molar-refractivity contribution >= 4 is 29.0 Å². The lowest BCUT2D eigenvalue weighted by atomic mass is 10.1. The van der Waals surface area contributed by atoms with Crippen molar-refractivity contribution in [2.24, 2.45) is 10.7 Å². The van der Waals surface area contributed by atoms with Crippen molar-refractivity contribution in [3.05, 3.63) is 29.6 Å². The van der Waals surface area contributed by atoms with Crippen LogP contribution in [0, 0.1) is 5.82 Å². The van der Waals surface area contributed by atoms with Gasteiger partial charge in [0, 0.05) is 18.3 Å². The maximum Gasteiger partial charge on any atom is 0.211 e. The lowest BCUT2D eigenvalue weighted by molar-refractivity contribution is -0.105. The molecule has 1 aromatic rings. The molecular weight excluding hydrogens is 271 g/mol. The normalized spacial score (nSPS) is 22.8. The fourth-order valence-electron chi connectivity index (χ4n) is 1.75. The highest BCUT2D eigenvalue weighted by Crippen LogP contribution is 2.27. The predicted molar refractivity (Wildman–Crippen MR) is 71.2 cm³/mol. The minimum Gasteiger partial charge on any atom is -0.369 e. The molecule has 6 nitrogen and oxygen atoms in total. The Morgan fingerprint density at radius 1 is 1.63 bits per heavy atom. The predicted octanol–water partition coefficient (Wildman–Crippen LogP) is 0.359. The molecule has 1 heterocycles. The van der Waals surface area contributed by atoms with E-state index in [1.807, 2.05) is 0 Å². The van der Waals surface area contributed by atoms with Gasteiger partial charge in [0.1, 0.15) is 16.8 Å². The Morgan fingerprint density at radius 2 is 2.37 bits per heavy atom. The molecule has 3 N–H and O–H groups in total. The Bertz CT molecular complexity index is 564. The molecule has 102 valence electrons. The van der Waals surface area contributed by atoms with Gasteiger partial charge in [0.05, 0.1) is 11.8 Å². The zero-order valence-electron chi connectivity index (χ0n) is 10.2. The summed E-state index contributed by atoms with van der Waals surface area (Å²) >= 11 is 0. The van der Waals surface area contributed by atoms with Crippen molar-refractivity contribution in [3.63, 3.8) is 0 Å². The van der Waals surface area contributed by atoms with Gasteiger partial charge in [0.25, 0.3) is 0 Å². The van der Waals surface area contributed by atoms with E-state index in [2.05, 4.69) is 10.3 Å². The average molecular weight is 284 g/mol. The summed E-state index contributed by atoms with van der Waals surface area (Å²) in [7, 11) is 0.218. The van der Waals surface area contributed by atoms with E-state index < -0.39 is 22.8 Å². The number of halogens is 1. The van der Waals surface area contributed by atoms with Crippen LogP contribution in [0.15, 0.2) is 23.2 Å². The number of hydrogen-bond acceptors (Lipinski definition) is 4. The number of benzene rings is 1. The topological polar surface area (TPSA) is 87.8 Å². The van der Waals surface area contributed by atoms with Gasteiger partial charge in [-0.2, -0.15) is 0 Å². The number of anilines is 1. The summed E-state index contributed by atoms with van der Waals surface area (Å²) in [5.74, 6) is -0.221. The Labute approximate surface area is 112 Å². The summed E-state index contributed by atoms with van der Waals surface area (Å²) in [6.07, 6.45) is 0.501. The van der Waals surface area contributed by atoms with E-state index in [0.717, 1.165) is 0 Å². The molecule has 0 saturated heterocycles. The molecule has 1 aliphatic heterocycles. The number of nitrogens with two attached hydrogens (primary N) is 1. The molecule has 0 fully saturated rings. The SMILES string of the molecule is CN1C(N)=NC(c2cc(NC=O)ccc2F)CS1=O. The minimum atomic E-state index is -1.34. The summed E-state index contributed by atoms with van der Waals surface area (Å²) in [4.78, 5) is 14.5. The molecular formula is C11H13FN4O2S. The van der Waals surface area contributed by atoms with Gasteiger partial charge in [0.2, 0.25) is 12.4 Å². The molecule has 2 unspecified atom stereocenters. The Kier molecular flexibility index (Phi) is 3.79. The van der Waals surface area contributed by atoms with Gasteiger partial charge in [-0.15, -0.1) is 0 Å². The van der Waals surface area contributed by atoms with Crippen molar-refractivity contribution in [3.8, 4) is 0 Å². The largest absolute Gasteiger partial charge is 0.369 e. The number of rotatable bonds is 3. The molecule has 0 aliphatic carbocycles. The molecule has 2 rings (SSSR count). The Balaban J connectivity index is 2.38. The Hall–Kier alpha value is -1.96. The first-order valence-corrected chi connectivity index (χ1v) is 6.75. The number of nitrogens with one attached hydrogen (secondary N) is 1. The second-order valence-corrected chi connectivity index (χ2v) is 5.51. The van der Waals surface area contributed by atoms with Crippen LogP contribution < -0.4 is 11.1 Å². The molecule has 1 amide bonds. The molecule has 0 aromatic heterocycles. The van der Waals surface area contributed by atoms with Gasteiger partial charge >= 0.3 is 0 Å². The van der Waals surface area contributed by atoms with E-state index in [1.54, 1.807) is 7.05 Å². The summed E-state index contributed by atoms with van der Waals surface area (Å²) in [6, 6.07) is 3.51. The van der Waals surface area contributed by atoms with Gasteiger partial charge < -0.3 is 11.1 Å². The molecule has 2 atom stereocenters. The number of hydrogen-bond donors (Lipinski definition) is 2. The second-order valence-electron chi connectivity index (χ2n) is 3.99. The maximum atomic E-state index is 13.8. The van der Waals surface area contributed by atoms with Crippen molar-refractivity contribution in [1.29, 1.82) is 0 Å². The quantitative estimate of drug-likeness (QED) is 0.785. The van der Waals surface area contributed by atoms with Gasteiger partial charge in [-0.25, -0.2) is 13.6 Å². The van der Waals surface area contributed by atoms with E-state index in [4.69, 9.17) is 5.73 Å². The van der Waals surface area contributed by atoms with Crippen LogP contribution in [0.1, 0.15) is 11.6 Å². The zero-order valence-corrected chi connectivity index (χ0v) is 11.0. The monoisotopic (exact) mass is 284 g/mol. The molecule has 1 aliphatic rings. The van der Waals surface area contributed by atoms with Gasteiger partial charge in [0.15, 0.2) is 0 Å². The summed E-state index contributed by atoms with van der Waals surface area (Å²) < 4.78 is 26.9. The number of amides is 1. The van der Waals surface area contributed by atoms with Crippen LogP contribution in [-0.2, 0) is 15.8 Å². The molecule has 0 spiro atoms. The molecule has 0 saturated carbocycles. The van der Waals surface area contributed by atoms with Crippen LogP contribution in [0.2, 0.25) is 0 Å². The summed E-state index contributed by atoms with van der Waals surface area (Å²) in [6.45, 7) is 0. The summed E-state index contributed by atoms with van der Waals surface area (Å²) in [5.41, 5.74) is 6.34. The minimum absolute atomic E-state index is 0.0998. The van der Waals surface area contributed by atoms with E-state index >= 15 is 0 Å². The third-order valence-electron chi connectivity index (χ3n) is 2.80. The van der Waals surface area contributed by atoms with Crippen molar-refractivity contribution in [1.82, 2.24) is 4.31 Å². The number of aliphatic imine (C=N–C) groups is 1. The highest BCUT2D eigenvalue weighted by molar-refractivity contribution is 7.83. The number of guanidine groups is 1. The van der Waals surface area contributed by atoms with Gasteiger partial charge in [-0.05, 0) is 18.2 Å². The standard InChI is InChI=1S/C11H13FN4O2S/c1-16-11(13)15-10(5-19(16)18)8-4-7(14-6-17)2-3-9(8)12/h2-4,6,10H,5H2,1H3,(H2,13,15)(H,14,17). The van der Waals surface area contributed by atoms with Crippen LogP contribution in [0.4, 0.5) is 10.1 Å². The lowest BCUT2D eigenvalue weighted by Crippen LogP contribution is -2.41. The fraction of sp³-hybridized carbons (Fsp3) is 0.273. The Morgan fingerprint density at radius 3 is 3.00 bits per heavy atom. The molecule has 8 heteroatoms. The third-order valence-corrected chi connectivity index (χ3v) is 4.20. The molecule has 0 radical (unpaired) electrons. The van der Waals surface area contributed by atoms with Crippen LogP contribution in [0.5, 0.6) is 0 Å². The van der Waals surface area contributed by atoms with E-state index in [-0.39, 0.29) is 17.3 Å². The average Bonchev–Trinajstić information content (AvgIpc) is 2.38. The number of carbonyl (C=O) groups excluding carboxylic acids is 1. The van der Waals surface area contributed by atoms with Crippen LogP contribution in [-0.4, -0.2) is 33.7 Å². The van der Waals surface area contributed by atoms with E-state index in [9.17, 15) is 13.4 Å². The second kappa shape index (κ2) is 5.35. The van der Waals surface area contributed by atoms with Crippen molar-refractivity contribution < 1.29 is 13.4 Å². The lowest BCUT2D eigenvalue weighted by Gasteiger charge is -2.26. The summed E-state index contributed by atoms with van der Waals surface area (Å²) in [5, 5.41) is 2.43. The third kappa shape index (κ3) is 2.73. The highest BCUT2D eigenvalue weighted by atomic mass is 32.2. The molecule has 19 heavy (non-hydrogen) atoms. The van der Waals surface area contributed by atoms with Gasteiger partial charge in [-0.3, -0.25) is 9.10 Å². The van der Waals surface area contributed by atoms with Crippen molar-refractivity contribution in [2.75, 3.05) is 18.1 Å². The van der Waals surface area contributed by atoms with Crippen molar-refractivity contribution in [2.45, 2.75) is 6.04 Å². The van der Waals surface area contributed by atoms with Crippen LogP contribution >= 0.6 is 0 Å². The molecule has 1 aromatic carbocycles. The van der Waals surface area contributed by atoms with Gasteiger partial charge in [-0.1, -0.05) is 0 Å². The highest BCUT2D eigenvalue weighted by Gasteiger charge is 2.26. The first-order valence-electron chi connectivity index (χ1n) is 5.48. The van der Waals surface area contributed by atoms with E-state index in [0.29, 0.717) is 12.1 Å². The first kappa shape index (κ1) is 13.5. The van der Waals surface area contributed by atoms with Crippen LogP contribution in [0.3, 0.4) is 0 Å². The number of carbonyl (C=O) groups is 1. The number of nitrogens with zero attached hydrogens (tertiary/aromatic N) is 2. The first-order chi connectivity index (χ1) is 9.02. The maximum absolute atomic E-state index is 13.8. The molecule has 0 bridgehead atoms. The van der Waals surface area contributed by atoms with Crippen LogP contribution in [0.25, 0.3) is 0 Å². The fourth-order valence-corrected chi connectivity index (χ4v) is 2.75. The van der Waals surface area contributed by atoms with E-state index in [1.165, 1.54) is 22.5 Å². The zero-order chi connectivity index (χ0) is 14.0. The smallest absolute Gasteiger partial charge is 0.211 e.